The van der Waals surface area contributed by atoms with Gasteiger partial charge in [-0.15, -0.1) is 0 Å². The lowest BCUT2D eigenvalue weighted by molar-refractivity contribution is 0.0884. The van der Waals surface area contributed by atoms with E-state index in [1.165, 1.54) is 36.8 Å². The van der Waals surface area contributed by atoms with Gasteiger partial charge < -0.3 is 10.5 Å². The Morgan fingerprint density at radius 3 is 2.53 bits per heavy atom. The third-order valence-corrected chi connectivity index (χ3v) is 3.62. The molecule has 1 saturated carbocycles. The van der Waals surface area contributed by atoms with E-state index in [1.807, 2.05) is 0 Å². The summed E-state index contributed by atoms with van der Waals surface area (Å²) < 4.78 is 5.85. The van der Waals surface area contributed by atoms with Gasteiger partial charge in [-0.1, -0.05) is 37.1 Å². The fraction of sp³-hybridized carbons (Fsp3) is 0.600. The molecule has 0 unspecified atom stereocenters. The van der Waals surface area contributed by atoms with Crippen LogP contribution in [-0.4, -0.2) is 13.2 Å². The van der Waals surface area contributed by atoms with Gasteiger partial charge in [-0.3, -0.25) is 0 Å². The first kappa shape index (κ1) is 12.6. The molecular formula is C15H23NO. The summed E-state index contributed by atoms with van der Waals surface area (Å²) in [6.45, 7) is 2.38. The third-order valence-electron chi connectivity index (χ3n) is 3.62. The topological polar surface area (TPSA) is 35.2 Å². The quantitative estimate of drug-likeness (QED) is 0.820. The fourth-order valence-corrected chi connectivity index (χ4v) is 2.61. The molecule has 1 aliphatic rings. The molecule has 2 heteroatoms. The lowest BCUT2D eigenvalue weighted by atomic mass is 10.1. The molecule has 0 spiro atoms. The van der Waals surface area contributed by atoms with Gasteiger partial charge in [0, 0.05) is 6.61 Å². The van der Waals surface area contributed by atoms with Crippen molar-refractivity contribution in [2.75, 3.05) is 13.2 Å². The highest BCUT2D eigenvalue weighted by Gasteiger charge is 2.14. The van der Waals surface area contributed by atoms with E-state index in [0.29, 0.717) is 6.54 Å². The zero-order valence-electron chi connectivity index (χ0n) is 10.5. The van der Waals surface area contributed by atoms with E-state index < -0.39 is 0 Å². The largest absolute Gasteiger partial charge is 0.376 e. The van der Waals surface area contributed by atoms with Crippen LogP contribution in [0.4, 0.5) is 0 Å². The van der Waals surface area contributed by atoms with Crippen LogP contribution in [0.3, 0.4) is 0 Å². The summed E-state index contributed by atoms with van der Waals surface area (Å²) in [4.78, 5) is 0. The first-order valence-corrected chi connectivity index (χ1v) is 6.74. The highest BCUT2D eigenvalue weighted by molar-refractivity contribution is 5.26. The summed E-state index contributed by atoms with van der Waals surface area (Å²) in [7, 11) is 0. The Kier molecular flexibility index (Phi) is 5.02. The lowest BCUT2D eigenvalue weighted by Crippen LogP contribution is -2.08. The van der Waals surface area contributed by atoms with Crippen molar-refractivity contribution in [2.45, 2.75) is 38.7 Å². The smallest absolute Gasteiger partial charge is 0.0719 e. The number of rotatable bonds is 6. The summed E-state index contributed by atoms with van der Waals surface area (Å²) in [5.74, 6) is 0.802. The summed E-state index contributed by atoms with van der Waals surface area (Å²) in [5.41, 5.74) is 8.25. The molecule has 1 aliphatic carbocycles. The molecule has 2 nitrogen and oxygen atoms in total. The summed E-state index contributed by atoms with van der Waals surface area (Å²) in [5, 5.41) is 0. The number of nitrogens with two attached hydrogens (primary N) is 1. The molecule has 0 heterocycles. The second-order valence-corrected chi connectivity index (χ2v) is 4.97. The van der Waals surface area contributed by atoms with Gasteiger partial charge in [0.15, 0.2) is 0 Å². The molecule has 0 aliphatic heterocycles. The minimum atomic E-state index is 0.708. The third kappa shape index (κ3) is 3.83. The Balaban J connectivity index is 1.80. The standard InChI is InChI=1S/C15H23NO/c16-10-9-14-7-3-4-8-15(14)12-17-11-13-5-1-2-6-13/h3-4,7-8,13H,1-2,5-6,9-12,16H2. The molecule has 0 aromatic heterocycles. The van der Waals surface area contributed by atoms with Crippen LogP contribution >= 0.6 is 0 Å². The number of hydrogen-bond donors (Lipinski definition) is 1. The molecule has 1 aromatic rings. The van der Waals surface area contributed by atoms with Crippen molar-refractivity contribution < 1.29 is 4.74 Å². The molecule has 94 valence electrons. The molecule has 0 bridgehead atoms. The van der Waals surface area contributed by atoms with E-state index in [0.717, 1.165) is 25.6 Å². The Labute approximate surface area is 104 Å². The van der Waals surface area contributed by atoms with E-state index in [2.05, 4.69) is 24.3 Å². The van der Waals surface area contributed by atoms with Gasteiger partial charge in [0.25, 0.3) is 0 Å². The van der Waals surface area contributed by atoms with Crippen molar-refractivity contribution in [3.8, 4) is 0 Å². The van der Waals surface area contributed by atoms with Gasteiger partial charge in [-0.05, 0) is 42.9 Å². The highest BCUT2D eigenvalue weighted by atomic mass is 16.5. The average molecular weight is 233 g/mol. The van der Waals surface area contributed by atoms with Crippen LogP contribution in [0.15, 0.2) is 24.3 Å². The average Bonchev–Trinajstić information content (AvgIpc) is 2.85. The zero-order valence-corrected chi connectivity index (χ0v) is 10.5. The van der Waals surface area contributed by atoms with Crippen LogP contribution in [0.1, 0.15) is 36.8 Å². The molecular weight excluding hydrogens is 210 g/mol. The molecule has 0 radical (unpaired) electrons. The first-order valence-electron chi connectivity index (χ1n) is 6.74. The number of benzene rings is 1. The van der Waals surface area contributed by atoms with Gasteiger partial charge >= 0.3 is 0 Å². The van der Waals surface area contributed by atoms with Crippen LogP contribution in [0, 0.1) is 5.92 Å². The van der Waals surface area contributed by atoms with Gasteiger partial charge in [0.2, 0.25) is 0 Å². The molecule has 0 atom stereocenters. The monoisotopic (exact) mass is 233 g/mol. The molecule has 17 heavy (non-hydrogen) atoms. The van der Waals surface area contributed by atoms with Crippen molar-refractivity contribution in [1.82, 2.24) is 0 Å². The molecule has 0 amide bonds. The van der Waals surface area contributed by atoms with Crippen molar-refractivity contribution >= 4 is 0 Å². The molecule has 2 N–H and O–H groups in total. The van der Waals surface area contributed by atoms with Gasteiger partial charge in [-0.2, -0.15) is 0 Å². The highest BCUT2D eigenvalue weighted by Crippen LogP contribution is 2.25. The van der Waals surface area contributed by atoms with Crippen LogP contribution < -0.4 is 5.73 Å². The van der Waals surface area contributed by atoms with Gasteiger partial charge in [0.05, 0.1) is 6.61 Å². The second kappa shape index (κ2) is 6.77. The fourth-order valence-electron chi connectivity index (χ4n) is 2.61. The van der Waals surface area contributed by atoms with E-state index in [4.69, 9.17) is 10.5 Å². The van der Waals surface area contributed by atoms with E-state index in [9.17, 15) is 0 Å². The Bertz CT molecular complexity index is 331. The van der Waals surface area contributed by atoms with Crippen molar-refractivity contribution in [3.63, 3.8) is 0 Å². The normalized spacial score (nSPS) is 16.5. The molecule has 1 fully saturated rings. The maximum atomic E-state index is 5.85. The molecule has 0 saturated heterocycles. The lowest BCUT2D eigenvalue weighted by Gasteiger charge is -2.12. The minimum Gasteiger partial charge on any atom is -0.376 e. The van der Waals surface area contributed by atoms with Crippen molar-refractivity contribution in [2.24, 2.45) is 11.7 Å². The predicted octanol–water partition coefficient (Wildman–Crippen LogP) is 2.89. The predicted molar refractivity (Wildman–Crippen MR) is 70.8 cm³/mol. The molecule has 2 rings (SSSR count). The number of ether oxygens (including phenoxy) is 1. The zero-order chi connectivity index (χ0) is 11.9. The second-order valence-electron chi connectivity index (χ2n) is 4.97. The summed E-state index contributed by atoms with van der Waals surface area (Å²) in [6, 6.07) is 8.46. The van der Waals surface area contributed by atoms with Crippen LogP contribution in [-0.2, 0) is 17.8 Å². The van der Waals surface area contributed by atoms with Gasteiger partial charge in [0.1, 0.15) is 0 Å². The van der Waals surface area contributed by atoms with E-state index in [1.54, 1.807) is 0 Å². The van der Waals surface area contributed by atoms with Crippen molar-refractivity contribution in [1.29, 1.82) is 0 Å². The number of hydrogen-bond acceptors (Lipinski definition) is 2. The maximum absolute atomic E-state index is 5.85. The van der Waals surface area contributed by atoms with Gasteiger partial charge in [-0.25, -0.2) is 0 Å². The van der Waals surface area contributed by atoms with Crippen LogP contribution in [0.2, 0.25) is 0 Å². The van der Waals surface area contributed by atoms with Crippen LogP contribution in [0.25, 0.3) is 0 Å². The Morgan fingerprint density at radius 1 is 1.12 bits per heavy atom. The summed E-state index contributed by atoms with van der Waals surface area (Å²) >= 11 is 0. The SMILES string of the molecule is NCCc1ccccc1COCC1CCCC1. The minimum absolute atomic E-state index is 0.708. The van der Waals surface area contributed by atoms with E-state index in [-0.39, 0.29) is 0 Å². The van der Waals surface area contributed by atoms with E-state index >= 15 is 0 Å². The Morgan fingerprint density at radius 2 is 1.82 bits per heavy atom. The maximum Gasteiger partial charge on any atom is 0.0719 e. The van der Waals surface area contributed by atoms with Crippen LogP contribution in [0.5, 0.6) is 0 Å². The van der Waals surface area contributed by atoms with Crippen molar-refractivity contribution in [3.05, 3.63) is 35.4 Å². The summed E-state index contributed by atoms with van der Waals surface area (Å²) in [6.07, 6.45) is 6.42. The molecule has 1 aromatic carbocycles. The first-order chi connectivity index (χ1) is 8.40. The Hall–Kier alpha value is -0.860.